The molecule has 0 saturated heterocycles. The lowest BCUT2D eigenvalue weighted by molar-refractivity contribution is -0.385. The Hall–Kier alpha value is -2.84. The summed E-state index contributed by atoms with van der Waals surface area (Å²) in [6.45, 7) is 0. The van der Waals surface area contributed by atoms with Crippen LogP contribution in [0.2, 0.25) is 5.02 Å². The zero-order valence-corrected chi connectivity index (χ0v) is 15.0. The third-order valence-electron chi connectivity index (χ3n) is 3.52. The van der Waals surface area contributed by atoms with Gasteiger partial charge < -0.3 is 5.32 Å². The van der Waals surface area contributed by atoms with E-state index in [4.69, 9.17) is 11.6 Å². The highest BCUT2D eigenvalue weighted by molar-refractivity contribution is 7.15. The molecule has 0 aliphatic rings. The lowest BCUT2D eigenvalue weighted by atomic mass is 10.1. The summed E-state index contributed by atoms with van der Waals surface area (Å²) >= 11 is 7.12. The van der Waals surface area contributed by atoms with Gasteiger partial charge in [0.1, 0.15) is 5.01 Å². The maximum Gasteiger partial charge on any atom is 0.273 e. The van der Waals surface area contributed by atoms with Crippen LogP contribution in [0.5, 0.6) is 0 Å². The molecule has 0 saturated carbocycles. The minimum absolute atomic E-state index is 0.0802. The number of benzene rings is 2. The number of carbonyl (C=O) groups excluding carboxylic acids is 1. The van der Waals surface area contributed by atoms with Gasteiger partial charge in [0, 0.05) is 23.1 Å². The van der Waals surface area contributed by atoms with E-state index in [0.29, 0.717) is 22.1 Å². The van der Waals surface area contributed by atoms with Crippen LogP contribution in [0.3, 0.4) is 0 Å². The number of nitrogens with zero attached hydrogens (tertiary/aromatic N) is 3. The molecule has 3 aromatic rings. The van der Waals surface area contributed by atoms with E-state index in [2.05, 4.69) is 15.5 Å². The average Bonchev–Trinajstić information content (AvgIpc) is 3.04. The van der Waals surface area contributed by atoms with Crippen molar-refractivity contribution in [3.05, 3.63) is 79.8 Å². The SMILES string of the molecule is O=C(Cc1ccccc1[N+](=O)[O-])Nc1nnc(Cc2ccc(Cl)cc2)s1. The van der Waals surface area contributed by atoms with Crippen molar-refractivity contribution in [2.75, 3.05) is 5.32 Å². The van der Waals surface area contributed by atoms with Crippen molar-refractivity contribution in [2.24, 2.45) is 0 Å². The van der Waals surface area contributed by atoms with Crippen molar-refractivity contribution in [3.8, 4) is 0 Å². The van der Waals surface area contributed by atoms with Crippen molar-refractivity contribution < 1.29 is 9.72 Å². The normalized spacial score (nSPS) is 10.5. The number of amides is 1. The fraction of sp³-hybridized carbons (Fsp3) is 0.118. The quantitative estimate of drug-likeness (QED) is 0.510. The summed E-state index contributed by atoms with van der Waals surface area (Å²) in [5.41, 5.74) is 1.30. The predicted molar refractivity (Wildman–Crippen MR) is 99.6 cm³/mol. The molecule has 0 unspecified atom stereocenters. The Bertz CT molecular complexity index is 943. The predicted octanol–water partition coefficient (Wildman–Crippen LogP) is 3.87. The second kappa shape index (κ2) is 8.03. The number of hydrogen-bond donors (Lipinski definition) is 1. The van der Waals surface area contributed by atoms with E-state index >= 15 is 0 Å². The number of halogens is 1. The molecular weight excluding hydrogens is 376 g/mol. The summed E-state index contributed by atoms with van der Waals surface area (Å²) in [6.07, 6.45) is 0.470. The van der Waals surface area contributed by atoms with Crippen molar-refractivity contribution in [1.29, 1.82) is 0 Å². The molecule has 2 aromatic carbocycles. The van der Waals surface area contributed by atoms with Crippen LogP contribution in [0.15, 0.2) is 48.5 Å². The maximum atomic E-state index is 12.2. The van der Waals surface area contributed by atoms with Crippen LogP contribution in [0, 0.1) is 10.1 Å². The number of nitro benzene ring substituents is 1. The highest BCUT2D eigenvalue weighted by atomic mass is 35.5. The van der Waals surface area contributed by atoms with Crippen LogP contribution < -0.4 is 5.32 Å². The van der Waals surface area contributed by atoms with E-state index in [9.17, 15) is 14.9 Å². The van der Waals surface area contributed by atoms with Gasteiger partial charge in [0.05, 0.1) is 11.3 Å². The molecule has 0 aliphatic heterocycles. The van der Waals surface area contributed by atoms with Gasteiger partial charge >= 0.3 is 0 Å². The molecule has 0 radical (unpaired) electrons. The van der Waals surface area contributed by atoms with Gasteiger partial charge in [-0.2, -0.15) is 0 Å². The minimum atomic E-state index is -0.502. The first-order valence-electron chi connectivity index (χ1n) is 7.60. The molecule has 1 amide bonds. The summed E-state index contributed by atoms with van der Waals surface area (Å²) < 4.78 is 0. The fourth-order valence-electron chi connectivity index (χ4n) is 2.33. The first kappa shape index (κ1) is 18.0. The second-order valence-corrected chi connectivity index (χ2v) is 6.91. The van der Waals surface area contributed by atoms with Crippen LogP contribution in [0.25, 0.3) is 0 Å². The van der Waals surface area contributed by atoms with E-state index in [1.165, 1.54) is 17.4 Å². The fourth-order valence-corrected chi connectivity index (χ4v) is 3.24. The number of carbonyl (C=O) groups is 1. The molecular formula is C17H13ClN4O3S. The molecule has 132 valence electrons. The molecule has 1 aromatic heterocycles. The largest absolute Gasteiger partial charge is 0.300 e. The van der Waals surface area contributed by atoms with Gasteiger partial charge in [0.2, 0.25) is 11.0 Å². The van der Waals surface area contributed by atoms with E-state index < -0.39 is 4.92 Å². The Morgan fingerprint density at radius 2 is 1.88 bits per heavy atom. The van der Waals surface area contributed by atoms with Gasteiger partial charge in [0.15, 0.2) is 0 Å². The molecule has 9 heteroatoms. The second-order valence-electron chi connectivity index (χ2n) is 5.41. The molecule has 0 bridgehead atoms. The van der Waals surface area contributed by atoms with E-state index in [1.807, 2.05) is 12.1 Å². The summed E-state index contributed by atoms with van der Waals surface area (Å²) in [6, 6.07) is 13.5. The van der Waals surface area contributed by atoms with E-state index in [-0.39, 0.29) is 18.0 Å². The smallest absolute Gasteiger partial charge is 0.273 e. The molecule has 0 aliphatic carbocycles. The summed E-state index contributed by atoms with van der Waals surface area (Å²) in [4.78, 5) is 22.7. The van der Waals surface area contributed by atoms with E-state index in [0.717, 1.165) is 10.6 Å². The van der Waals surface area contributed by atoms with Crippen molar-refractivity contribution in [1.82, 2.24) is 10.2 Å². The highest BCUT2D eigenvalue weighted by Crippen LogP contribution is 2.21. The number of para-hydroxylation sites is 1. The lowest BCUT2D eigenvalue weighted by Gasteiger charge is -2.02. The third-order valence-corrected chi connectivity index (χ3v) is 4.61. The van der Waals surface area contributed by atoms with Gasteiger partial charge in [-0.15, -0.1) is 10.2 Å². The molecule has 7 nitrogen and oxygen atoms in total. The first-order valence-corrected chi connectivity index (χ1v) is 8.79. The Labute approximate surface area is 157 Å². The summed E-state index contributed by atoms with van der Waals surface area (Å²) in [7, 11) is 0. The standard InChI is InChI=1S/C17H13ClN4O3S/c18-13-7-5-11(6-8-13)9-16-20-21-17(26-16)19-15(23)10-12-3-1-2-4-14(12)22(24)25/h1-8H,9-10H2,(H,19,21,23). The van der Waals surface area contributed by atoms with Crippen LogP contribution in [0.4, 0.5) is 10.8 Å². The van der Waals surface area contributed by atoms with Crippen molar-refractivity contribution >= 4 is 39.7 Å². The molecule has 26 heavy (non-hydrogen) atoms. The number of rotatable bonds is 6. The van der Waals surface area contributed by atoms with Gasteiger partial charge in [-0.3, -0.25) is 14.9 Å². The van der Waals surface area contributed by atoms with Crippen molar-refractivity contribution in [2.45, 2.75) is 12.8 Å². The number of nitro groups is 1. The summed E-state index contributed by atoms with van der Waals surface area (Å²) in [5, 5.41) is 23.4. The van der Waals surface area contributed by atoms with Crippen LogP contribution in [-0.2, 0) is 17.6 Å². The first-order chi connectivity index (χ1) is 12.5. The number of anilines is 1. The molecule has 0 fully saturated rings. The van der Waals surface area contributed by atoms with Gasteiger partial charge in [0.25, 0.3) is 5.69 Å². The van der Waals surface area contributed by atoms with Gasteiger partial charge in [-0.05, 0) is 17.7 Å². The minimum Gasteiger partial charge on any atom is -0.300 e. The third kappa shape index (κ3) is 4.62. The molecule has 3 rings (SSSR count). The Kier molecular flexibility index (Phi) is 5.55. The Morgan fingerprint density at radius 1 is 1.15 bits per heavy atom. The van der Waals surface area contributed by atoms with Crippen LogP contribution in [0.1, 0.15) is 16.1 Å². The van der Waals surface area contributed by atoms with Gasteiger partial charge in [-0.1, -0.05) is 53.3 Å². The number of hydrogen-bond acceptors (Lipinski definition) is 6. The highest BCUT2D eigenvalue weighted by Gasteiger charge is 2.16. The van der Waals surface area contributed by atoms with Gasteiger partial charge in [-0.25, -0.2) is 0 Å². The zero-order valence-electron chi connectivity index (χ0n) is 13.4. The molecule has 0 spiro atoms. The molecule has 1 N–H and O–H groups in total. The monoisotopic (exact) mass is 388 g/mol. The van der Waals surface area contributed by atoms with Crippen LogP contribution in [-0.4, -0.2) is 21.0 Å². The van der Waals surface area contributed by atoms with Crippen molar-refractivity contribution in [3.63, 3.8) is 0 Å². The van der Waals surface area contributed by atoms with Crippen LogP contribution >= 0.6 is 22.9 Å². The molecule has 0 atom stereocenters. The Morgan fingerprint density at radius 3 is 2.62 bits per heavy atom. The molecule has 1 heterocycles. The summed E-state index contributed by atoms with van der Waals surface area (Å²) in [5.74, 6) is -0.381. The maximum absolute atomic E-state index is 12.2. The number of nitrogens with one attached hydrogen (secondary N) is 1. The lowest BCUT2D eigenvalue weighted by Crippen LogP contribution is -2.15. The zero-order chi connectivity index (χ0) is 18.5. The Balaban J connectivity index is 1.63. The number of aromatic nitrogens is 2. The average molecular weight is 389 g/mol. The topological polar surface area (TPSA) is 98.0 Å². The van der Waals surface area contributed by atoms with E-state index in [1.54, 1.807) is 30.3 Å².